The van der Waals surface area contributed by atoms with E-state index in [9.17, 15) is 0 Å². The van der Waals surface area contributed by atoms with Gasteiger partial charge in [0.25, 0.3) is 0 Å². The van der Waals surface area contributed by atoms with E-state index in [1.54, 1.807) is 0 Å². The summed E-state index contributed by atoms with van der Waals surface area (Å²) in [6.45, 7) is 5.79. The van der Waals surface area contributed by atoms with Gasteiger partial charge in [-0.3, -0.25) is 0 Å². The average molecular weight is 217 g/mol. The molecule has 1 aromatic carbocycles. The van der Waals surface area contributed by atoms with Gasteiger partial charge in [-0.25, -0.2) is 0 Å². The van der Waals surface area contributed by atoms with Crippen molar-refractivity contribution >= 4 is 0 Å². The molecule has 86 valence electrons. The third-order valence-corrected chi connectivity index (χ3v) is 2.51. The van der Waals surface area contributed by atoms with Gasteiger partial charge >= 0.3 is 0 Å². The molecule has 1 rings (SSSR count). The molecule has 1 unspecified atom stereocenters. The van der Waals surface area contributed by atoms with Crippen LogP contribution in [0.15, 0.2) is 24.3 Å². The topological polar surface area (TPSA) is 33.0 Å². The molecule has 0 fully saturated rings. The highest BCUT2D eigenvalue weighted by atomic mass is 16.5. The lowest BCUT2D eigenvalue weighted by molar-refractivity contribution is 0.0893. The highest BCUT2D eigenvalue weighted by Crippen LogP contribution is 2.09. The summed E-state index contributed by atoms with van der Waals surface area (Å²) in [5, 5.41) is 8.75. The van der Waals surface area contributed by atoms with Crippen LogP contribution in [0, 0.1) is 17.2 Å². The Morgan fingerprint density at radius 1 is 1.44 bits per heavy atom. The molecule has 0 aliphatic rings. The summed E-state index contributed by atoms with van der Waals surface area (Å²) in [7, 11) is 0. The lowest BCUT2D eigenvalue weighted by Crippen LogP contribution is -2.05. The highest BCUT2D eigenvalue weighted by molar-refractivity contribution is 5.32. The molecule has 2 heteroatoms. The first-order chi connectivity index (χ1) is 7.76. The van der Waals surface area contributed by atoms with E-state index in [1.807, 2.05) is 24.3 Å². The Morgan fingerprint density at radius 3 is 2.94 bits per heavy atom. The Kier molecular flexibility index (Phi) is 5.60. The van der Waals surface area contributed by atoms with Crippen LogP contribution in [-0.4, -0.2) is 6.61 Å². The molecule has 0 aromatic heterocycles. The summed E-state index contributed by atoms with van der Waals surface area (Å²) in [5.74, 6) is 0.615. The minimum absolute atomic E-state index is 0.601. The number of benzene rings is 1. The van der Waals surface area contributed by atoms with Crippen molar-refractivity contribution < 1.29 is 4.74 Å². The maximum Gasteiger partial charge on any atom is 0.0991 e. The minimum Gasteiger partial charge on any atom is -0.376 e. The lowest BCUT2D eigenvalue weighted by atomic mass is 10.1. The molecular formula is C14H19NO. The van der Waals surface area contributed by atoms with Gasteiger partial charge in [0.1, 0.15) is 0 Å². The van der Waals surface area contributed by atoms with Crippen molar-refractivity contribution in [3.05, 3.63) is 35.4 Å². The van der Waals surface area contributed by atoms with Crippen molar-refractivity contribution in [2.24, 2.45) is 5.92 Å². The molecule has 2 nitrogen and oxygen atoms in total. The molecule has 0 saturated heterocycles. The molecule has 0 heterocycles. The quantitative estimate of drug-likeness (QED) is 0.730. The second-order valence-corrected chi connectivity index (χ2v) is 4.22. The van der Waals surface area contributed by atoms with Crippen LogP contribution < -0.4 is 0 Å². The van der Waals surface area contributed by atoms with Crippen LogP contribution in [0.25, 0.3) is 0 Å². The zero-order valence-corrected chi connectivity index (χ0v) is 10.1. The molecule has 1 atom stereocenters. The van der Waals surface area contributed by atoms with E-state index in [0.29, 0.717) is 18.1 Å². The highest BCUT2D eigenvalue weighted by Gasteiger charge is 2.01. The van der Waals surface area contributed by atoms with Crippen LogP contribution in [0.1, 0.15) is 37.8 Å². The largest absolute Gasteiger partial charge is 0.376 e. The molecule has 0 saturated carbocycles. The van der Waals surface area contributed by atoms with Crippen LogP contribution in [-0.2, 0) is 11.3 Å². The summed E-state index contributed by atoms with van der Waals surface area (Å²) in [6, 6.07) is 9.71. The molecule has 0 spiro atoms. The summed E-state index contributed by atoms with van der Waals surface area (Å²) >= 11 is 0. The second kappa shape index (κ2) is 7.03. The first-order valence-electron chi connectivity index (χ1n) is 5.83. The smallest absolute Gasteiger partial charge is 0.0991 e. The lowest BCUT2D eigenvalue weighted by Gasteiger charge is -2.10. The Hall–Kier alpha value is -1.33. The first kappa shape index (κ1) is 12.7. The molecule has 16 heavy (non-hydrogen) atoms. The third-order valence-electron chi connectivity index (χ3n) is 2.51. The number of hydrogen-bond donors (Lipinski definition) is 0. The Morgan fingerprint density at radius 2 is 2.25 bits per heavy atom. The summed E-state index contributed by atoms with van der Waals surface area (Å²) < 4.78 is 5.62. The van der Waals surface area contributed by atoms with Crippen molar-refractivity contribution in [1.82, 2.24) is 0 Å². The Balaban J connectivity index is 2.34. The maximum absolute atomic E-state index is 8.75. The number of nitrogens with zero attached hydrogens (tertiary/aromatic N) is 1. The van der Waals surface area contributed by atoms with Crippen molar-refractivity contribution in [3.63, 3.8) is 0 Å². The zero-order chi connectivity index (χ0) is 11.8. The normalized spacial score (nSPS) is 12.1. The van der Waals surface area contributed by atoms with Gasteiger partial charge in [-0.1, -0.05) is 32.4 Å². The fraction of sp³-hybridized carbons (Fsp3) is 0.500. The SMILES string of the molecule is CCCC(C)COCc1cccc(C#N)c1. The summed E-state index contributed by atoms with van der Waals surface area (Å²) in [5.41, 5.74) is 1.77. The van der Waals surface area contributed by atoms with Crippen molar-refractivity contribution in [2.75, 3.05) is 6.61 Å². The van der Waals surface area contributed by atoms with Crippen LogP contribution in [0.3, 0.4) is 0 Å². The Bertz CT molecular complexity index is 354. The van der Waals surface area contributed by atoms with Gasteiger partial charge in [0.15, 0.2) is 0 Å². The van der Waals surface area contributed by atoms with Crippen LogP contribution in [0.5, 0.6) is 0 Å². The molecular weight excluding hydrogens is 198 g/mol. The van der Waals surface area contributed by atoms with E-state index in [2.05, 4.69) is 19.9 Å². The van der Waals surface area contributed by atoms with Crippen LogP contribution >= 0.6 is 0 Å². The number of ether oxygens (including phenoxy) is 1. The second-order valence-electron chi connectivity index (χ2n) is 4.22. The zero-order valence-electron chi connectivity index (χ0n) is 10.1. The van der Waals surface area contributed by atoms with E-state index >= 15 is 0 Å². The monoisotopic (exact) mass is 217 g/mol. The predicted molar refractivity (Wildman–Crippen MR) is 64.9 cm³/mol. The number of rotatable bonds is 6. The number of nitriles is 1. The van der Waals surface area contributed by atoms with E-state index < -0.39 is 0 Å². The van der Waals surface area contributed by atoms with Crippen molar-refractivity contribution in [2.45, 2.75) is 33.3 Å². The van der Waals surface area contributed by atoms with E-state index in [4.69, 9.17) is 10.00 Å². The molecule has 0 N–H and O–H groups in total. The fourth-order valence-electron chi connectivity index (χ4n) is 1.68. The molecule has 0 aliphatic carbocycles. The van der Waals surface area contributed by atoms with Gasteiger partial charge in [-0.2, -0.15) is 5.26 Å². The van der Waals surface area contributed by atoms with Crippen molar-refractivity contribution in [3.8, 4) is 6.07 Å². The van der Waals surface area contributed by atoms with Gasteiger partial charge in [-0.05, 0) is 30.0 Å². The molecule has 1 aromatic rings. The first-order valence-corrected chi connectivity index (χ1v) is 5.83. The van der Waals surface area contributed by atoms with Crippen LogP contribution in [0.4, 0.5) is 0 Å². The molecule has 0 aliphatic heterocycles. The fourth-order valence-corrected chi connectivity index (χ4v) is 1.68. The van der Waals surface area contributed by atoms with E-state index in [-0.39, 0.29) is 0 Å². The standard InChI is InChI=1S/C14H19NO/c1-3-5-12(2)10-16-11-14-7-4-6-13(8-14)9-15/h4,6-8,12H,3,5,10-11H2,1-2H3. The van der Waals surface area contributed by atoms with E-state index in [0.717, 1.165) is 12.2 Å². The van der Waals surface area contributed by atoms with Gasteiger partial charge in [0.05, 0.1) is 18.2 Å². The Labute approximate surface area is 97.9 Å². The minimum atomic E-state index is 0.601. The van der Waals surface area contributed by atoms with Crippen molar-refractivity contribution in [1.29, 1.82) is 5.26 Å². The van der Waals surface area contributed by atoms with Gasteiger partial charge < -0.3 is 4.74 Å². The third kappa shape index (κ3) is 4.46. The molecule has 0 amide bonds. The maximum atomic E-state index is 8.75. The number of hydrogen-bond acceptors (Lipinski definition) is 2. The van der Waals surface area contributed by atoms with Gasteiger partial charge in [0.2, 0.25) is 0 Å². The van der Waals surface area contributed by atoms with Gasteiger partial charge in [-0.15, -0.1) is 0 Å². The molecule has 0 radical (unpaired) electrons. The summed E-state index contributed by atoms with van der Waals surface area (Å²) in [4.78, 5) is 0. The molecule has 0 bridgehead atoms. The van der Waals surface area contributed by atoms with E-state index in [1.165, 1.54) is 12.8 Å². The summed E-state index contributed by atoms with van der Waals surface area (Å²) in [6.07, 6.45) is 2.41. The van der Waals surface area contributed by atoms with Gasteiger partial charge in [0, 0.05) is 6.61 Å². The van der Waals surface area contributed by atoms with Crippen LogP contribution in [0.2, 0.25) is 0 Å². The predicted octanol–water partition coefficient (Wildman–Crippen LogP) is 3.51. The average Bonchev–Trinajstić information content (AvgIpc) is 2.30.